The van der Waals surface area contributed by atoms with E-state index < -0.39 is 0 Å². The van der Waals surface area contributed by atoms with Gasteiger partial charge in [0.15, 0.2) is 5.65 Å². The summed E-state index contributed by atoms with van der Waals surface area (Å²) < 4.78 is 7.47. The average Bonchev–Trinajstić information content (AvgIpc) is 3.44. The first-order valence-corrected chi connectivity index (χ1v) is 10.3. The number of fused-ring (bicyclic) bond motifs is 1. The predicted octanol–water partition coefficient (Wildman–Crippen LogP) is 4.59. The van der Waals surface area contributed by atoms with E-state index in [1.165, 1.54) is 0 Å². The molecule has 0 radical (unpaired) electrons. The summed E-state index contributed by atoms with van der Waals surface area (Å²) in [5.74, 6) is 1.65. The maximum atomic E-state index is 12.8. The zero-order valence-corrected chi connectivity index (χ0v) is 17.2. The number of rotatable bonds is 4. The third-order valence-electron chi connectivity index (χ3n) is 5.64. The zero-order chi connectivity index (χ0) is 21.2. The third kappa shape index (κ3) is 3.70. The standard InChI is InChI=1S/C24H23N5O2/c1-31-20-11-9-17(10-12-20)22-27-21-8-5-14-25-23(21)29(22)19-13-15-28(16-19)24(30)26-18-6-3-2-4-7-18/h2-12,14,19H,13,15-16H2,1H3,(H,26,30)/t19-/m0/s1. The fourth-order valence-corrected chi connectivity index (χ4v) is 4.08. The number of methoxy groups -OCH3 is 1. The highest BCUT2D eigenvalue weighted by Crippen LogP contribution is 2.33. The van der Waals surface area contributed by atoms with Crippen molar-refractivity contribution in [2.45, 2.75) is 12.5 Å². The van der Waals surface area contributed by atoms with Crippen molar-refractivity contribution in [2.75, 3.05) is 25.5 Å². The van der Waals surface area contributed by atoms with Crippen LogP contribution in [0.15, 0.2) is 72.9 Å². The van der Waals surface area contributed by atoms with Crippen LogP contribution in [0, 0.1) is 0 Å². The number of imidazole rings is 1. The summed E-state index contributed by atoms with van der Waals surface area (Å²) in [6, 6.07) is 21.3. The quantitative estimate of drug-likeness (QED) is 0.531. The number of nitrogens with zero attached hydrogens (tertiary/aromatic N) is 4. The number of ether oxygens (including phenoxy) is 1. The highest BCUT2D eigenvalue weighted by atomic mass is 16.5. The number of likely N-dealkylation sites (tertiary alicyclic amines) is 1. The Kier molecular flexibility index (Phi) is 5.00. The van der Waals surface area contributed by atoms with Gasteiger partial charge in [0.25, 0.3) is 0 Å². The van der Waals surface area contributed by atoms with Crippen LogP contribution in [0.4, 0.5) is 10.5 Å². The highest BCUT2D eigenvalue weighted by Gasteiger charge is 2.31. The molecule has 2 aromatic carbocycles. The number of anilines is 1. The van der Waals surface area contributed by atoms with Crippen LogP contribution in [-0.4, -0.2) is 45.7 Å². The Hall–Kier alpha value is -3.87. The van der Waals surface area contributed by atoms with Gasteiger partial charge >= 0.3 is 6.03 Å². The van der Waals surface area contributed by atoms with Crippen molar-refractivity contribution in [2.24, 2.45) is 0 Å². The maximum Gasteiger partial charge on any atom is 0.321 e. The van der Waals surface area contributed by atoms with Crippen LogP contribution in [0.3, 0.4) is 0 Å². The molecule has 1 saturated heterocycles. The number of pyridine rings is 1. The smallest absolute Gasteiger partial charge is 0.321 e. The van der Waals surface area contributed by atoms with Crippen molar-refractivity contribution in [3.63, 3.8) is 0 Å². The number of benzene rings is 2. The van der Waals surface area contributed by atoms with Crippen LogP contribution in [0.1, 0.15) is 12.5 Å². The Bertz CT molecular complexity index is 1200. The molecule has 1 atom stereocenters. The van der Waals surface area contributed by atoms with Crippen LogP contribution in [0.5, 0.6) is 5.75 Å². The molecular formula is C24H23N5O2. The molecule has 0 unspecified atom stereocenters. The Balaban J connectivity index is 1.45. The van der Waals surface area contributed by atoms with E-state index in [0.29, 0.717) is 13.1 Å². The molecule has 1 fully saturated rings. The second kappa shape index (κ2) is 8.10. The number of amides is 2. The zero-order valence-electron chi connectivity index (χ0n) is 17.2. The molecule has 156 valence electrons. The van der Waals surface area contributed by atoms with Crippen molar-refractivity contribution >= 4 is 22.9 Å². The normalized spacial score (nSPS) is 15.9. The van der Waals surface area contributed by atoms with Crippen LogP contribution >= 0.6 is 0 Å². The lowest BCUT2D eigenvalue weighted by atomic mass is 10.2. The minimum atomic E-state index is -0.0860. The lowest BCUT2D eigenvalue weighted by molar-refractivity contribution is 0.221. The number of urea groups is 1. The molecule has 1 N–H and O–H groups in total. The first-order valence-electron chi connectivity index (χ1n) is 10.3. The van der Waals surface area contributed by atoms with Gasteiger partial charge < -0.3 is 19.5 Å². The van der Waals surface area contributed by atoms with Gasteiger partial charge in [-0.2, -0.15) is 0 Å². The topological polar surface area (TPSA) is 72.3 Å². The molecule has 2 amide bonds. The summed E-state index contributed by atoms with van der Waals surface area (Å²) >= 11 is 0. The van der Waals surface area contributed by atoms with E-state index in [0.717, 1.165) is 40.4 Å². The van der Waals surface area contributed by atoms with Crippen LogP contribution in [0.25, 0.3) is 22.6 Å². The Morgan fingerprint density at radius 3 is 2.65 bits per heavy atom. The van der Waals surface area contributed by atoms with Gasteiger partial charge in [-0.1, -0.05) is 18.2 Å². The van der Waals surface area contributed by atoms with E-state index in [1.54, 1.807) is 13.3 Å². The molecule has 1 aliphatic heterocycles. The number of hydrogen-bond acceptors (Lipinski definition) is 4. The molecule has 7 nitrogen and oxygen atoms in total. The monoisotopic (exact) mass is 413 g/mol. The molecule has 3 heterocycles. The van der Waals surface area contributed by atoms with Crippen LogP contribution < -0.4 is 10.1 Å². The van der Waals surface area contributed by atoms with E-state index in [1.807, 2.05) is 71.6 Å². The third-order valence-corrected chi connectivity index (χ3v) is 5.64. The van der Waals surface area contributed by atoms with Crippen molar-refractivity contribution < 1.29 is 9.53 Å². The van der Waals surface area contributed by atoms with Crippen molar-refractivity contribution in [1.82, 2.24) is 19.4 Å². The average molecular weight is 413 g/mol. The summed E-state index contributed by atoms with van der Waals surface area (Å²) in [4.78, 5) is 24.1. The fraction of sp³-hybridized carbons (Fsp3) is 0.208. The first-order chi connectivity index (χ1) is 15.2. The number of aromatic nitrogens is 3. The van der Waals surface area contributed by atoms with E-state index in [-0.39, 0.29) is 12.1 Å². The number of carbonyl (C=O) groups excluding carboxylic acids is 1. The van der Waals surface area contributed by atoms with E-state index in [2.05, 4.69) is 14.9 Å². The highest BCUT2D eigenvalue weighted by molar-refractivity contribution is 5.89. The molecule has 0 spiro atoms. The molecule has 7 heteroatoms. The van der Waals surface area contributed by atoms with Gasteiger partial charge in [-0.3, -0.25) is 0 Å². The molecule has 31 heavy (non-hydrogen) atoms. The molecule has 5 rings (SSSR count). The Morgan fingerprint density at radius 2 is 1.87 bits per heavy atom. The van der Waals surface area contributed by atoms with E-state index in [9.17, 15) is 4.79 Å². The van der Waals surface area contributed by atoms with E-state index >= 15 is 0 Å². The minimum Gasteiger partial charge on any atom is -0.497 e. The van der Waals surface area contributed by atoms with Gasteiger partial charge in [0.2, 0.25) is 0 Å². The van der Waals surface area contributed by atoms with Gasteiger partial charge in [-0.05, 0) is 55.0 Å². The van der Waals surface area contributed by atoms with Crippen molar-refractivity contribution in [3.8, 4) is 17.1 Å². The van der Waals surface area contributed by atoms with E-state index in [4.69, 9.17) is 9.72 Å². The SMILES string of the molecule is COc1ccc(-c2nc3cccnc3n2[C@H]2CCN(C(=O)Nc3ccccc3)C2)cc1. The summed E-state index contributed by atoms with van der Waals surface area (Å²) in [7, 11) is 1.65. The lowest BCUT2D eigenvalue weighted by Crippen LogP contribution is -2.33. The van der Waals surface area contributed by atoms with Crippen molar-refractivity contribution in [3.05, 3.63) is 72.9 Å². The molecule has 0 aliphatic carbocycles. The molecule has 4 aromatic rings. The molecular weight excluding hydrogens is 390 g/mol. The van der Waals surface area contributed by atoms with Crippen LogP contribution in [0.2, 0.25) is 0 Å². The number of carbonyl (C=O) groups is 1. The van der Waals surface area contributed by atoms with Gasteiger partial charge in [0, 0.05) is 30.5 Å². The van der Waals surface area contributed by atoms with Gasteiger partial charge in [-0.15, -0.1) is 0 Å². The first kappa shape index (κ1) is 19.1. The minimum absolute atomic E-state index is 0.0860. The summed E-state index contributed by atoms with van der Waals surface area (Å²) in [6.45, 7) is 1.28. The van der Waals surface area contributed by atoms with Gasteiger partial charge in [0.1, 0.15) is 17.1 Å². The second-order valence-electron chi connectivity index (χ2n) is 7.56. The summed E-state index contributed by atoms with van der Waals surface area (Å²) in [5, 5.41) is 2.98. The Labute approximate surface area is 180 Å². The molecule has 0 bridgehead atoms. The summed E-state index contributed by atoms with van der Waals surface area (Å²) in [5.41, 5.74) is 3.47. The van der Waals surface area contributed by atoms with Gasteiger partial charge in [0.05, 0.1) is 13.2 Å². The number of nitrogens with one attached hydrogen (secondary N) is 1. The lowest BCUT2D eigenvalue weighted by Gasteiger charge is -2.19. The second-order valence-corrected chi connectivity index (χ2v) is 7.56. The van der Waals surface area contributed by atoms with Crippen LogP contribution in [-0.2, 0) is 0 Å². The Morgan fingerprint density at radius 1 is 1.06 bits per heavy atom. The molecule has 0 saturated carbocycles. The summed E-state index contributed by atoms with van der Waals surface area (Å²) in [6.07, 6.45) is 2.63. The number of hydrogen-bond donors (Lipinski definition) is 1. The van der Waals surface area contributed by atoms with Gasteiger partial charge in [-0.25, -0.2) is 14.8 Å². The van der Waals surface area contributed by atoms with Crippen molar-refractivity contribution in [1.29, 1.82) is 0 Å². The molecule has 2 aromatic heterocycles. The molecule has 1 aliphatic rings. The number of para-hydroxylation sites is 1. The largest absolute Gasteiger partial charge is 0.497 e. The fourth-order valence-electron chi connectivity index (χ4n) is 4.08. The maximum absolute atomic E-state index is 12.8. The predicted molar refractivity (Wildman–Crippen MR) is 120 cm³/mol.